The molecular weight excluding hydrogens is 845 g/mol. The molecule has 2 spiro atoms. The number of nitrogens with zero attached hydrogens (tertiary/aromatic N) is 2. The van der Waals surface area contributed by atoms with Gasteiger partial charge in [-0.05, 0) is 124 Å². The predicted octanol–water partition coefficient (Wildman–Crippen LogP) is 16.5. The van der Waals surface area contributed by atoms with Gasteiger partial charge in [0.15, 0.2) is 5.82 Å². The van der Waals surface area contributed by atoms with Crippen molar-refractivity contribution in [3.8, 4) is 67.3 Å². The Hall–Kier alpha value is -8.98. The van der Waals surface area contributed by atoms with Crippen LogP contribution in [-0.2, 0) is 10.8 Å². The molecule has 0 unspecified atom stereocenters. The van der Waals surface area contributed by atoms with Gasteiger partial charge in [-0.2, -0.15) is 0 Å². The molecule has 2 heteroatoms. The molecular formula is C68H42N2. The maximum Gasteiger partial charge on any atom is 0.160 e. The van der Waals surface area contributed by atoms with Crippen LogP contribution in [0.1, 0.15) is 44.5 Å². The van der Waals surface area contributed by atoms with Gasteiger partial charge in [0.05, 0.1) is 22.2 Å². The minimum Gasteiger partial charge on any atom is -0.228 e. The molecule has 0 fully saturated rings. The zero-order valence-corrected chi connectivity index (χ0v) is 38.1. The Morgan fingerprint density at radius 2 is 0.671 bits per heavy atom. The molecule has 0 atom stereocenters. The first-order valence-electron chi connectivity index (χ1n) is 24.3. The number of benzene rings is 11. The van der Waals surface area contributed by atoms with Crippen molar-refractivity contribution >= 4 is 21.5 Å². The first-order chi connectivity index (χ1) is 34.7. The summed E-state index contributed by atoms with van der Waals surface area (Å²) in [6, 6.07) is 94.3. The molecule has 3 aliphatic rings. The first kappa shape index (κ1) is 39.1. The van der Waals surface area contributed by atoms with E-state index in [0.717, 1.165) is 33.6 Å². The molecule has 0 saturated carbocycles. The lowest BCUT2D eigenvalue weighted by Crippen LogP contribution is -2.43. The molecule has 0 aliphatic heterocycles. The van der Waals surface area contributed by atoms with Gasteiger partial charge in [-0.3, -0.25) is 0 Å². The van der Waals surface area contributed by atoms with E-state index in [-0.39, 0.29) is 0 Å². The van der Waals surface area contributed by atoms with Gasteiger partial charge in [0.2, 0.25) is 0 Å². The second-order valence-electron chi connectivity index (χ2n) is 19.1. The fraction of sp³-hybridized carbons (Fsp3) is 0.0294. The van der Waals surface area contributed by atoms with Gasteiger partial charge in [0, 0.05) is 16.7 Å². The standard InChI is InChI=1S/C68H42N2/c1-2-18-44(19-3-1)64-42-65(70-66(69-64)49-35-37-51-47(40-49)34-33-43-17-4-5-22-50(43)51)48-21-16-20-45(39-48)46-36-38-59-55(41-46)54-25-8-11-28-58(54)68(59)62-31-14-12-29-60(62)67(61-30-13-15-32-63(61)68)56-26-9-6-23-52(56)53-24-7-10-27-57(53)67/h1-42H. The molecule has 15 rings (SSSR count). The summed E-state index contributed by atoms with van der Waals surface area (Å²) in [5.41, 5.74) is 22.1. The summed E-state index contributed by atoms with van der Waals surface area (Å²) >= 11 is 0. The zero-order chi connectivity index (χ0) is 46.0. The smallest absolute Gasteiger partial charge is 0.160 e. The topological polar surface area (TPSA) is 25.8 Å². The molecule has 0 radical (unpaired) electrons. The summed E-state index contributed by atoms with van der Waals surface area (Å²) in [7, 11) is 0. The third kappa shape index (κ3) is 5.28. The highest BCUT2D eigenvalue weighted by Gasteiger charge is 2.58. The van der Waals surface area contributed by atoms with Crippen molar-refractivity contribution < 1.29 is 0 Å². The van der Waals surface area contributed by atoms with E-state index in [4.69, 9.17) is 9.97 Å². The highest BCUT2D eigenvalue weighted by Crippen LogP contribution is 2.67. The third-order valence-electron chi connectivity index (χ3n) is 15.8. The van der Waals surface area contributed by atoms with Crippen LogP contribution in [0.3, 0.4) is 0 Å². The number of rotatable bonds is 4. The van der Waals surface area contributed by atoms with Crippen LogP contribution in [0.5, 0.6) is 0 Å². The summed E-state index contributed by atoms with van der Waals surface area (Å²) in [4.78, 5) is 10.6. The van der Waals surface area contributed by atoms with Crippen molar-refractivity contribution in [3.63, 3.8) is 0 Å². The molecule has 1 heterocycles. The first-order valence-corrected chi connectivity index (χ1v) is 24.3. The van der Waals surface area contributed by atoms with Crippen molar-refractivity contribution in [1.82, 2.24) is 9.97 Å². The molecule has 0 bridgehead atoms. The van der Waals surface area contributed by atoms with Gasteiger partial charge in [-0.25, -0.2) is 9.97 Å². The van der Waals surface area contributed by atoms with Crippen molar-refractivity contribution in [1.29, 1.82) is 0 Å². The fourth-order valence-corrected chi connectivity index (χ4v) is 12.9. The quantitative estimate of drug-likeness (QED) is 0.165. The molecule has 11 aromatic carbocycles. The Labute approximate surface area is 406 Å². The number of hydrogen-bond donors (Lipinski definition) is 0. The average molecular weight is 887 g/mol. The van der Waals surface area contributed by atoms with E-state index in [2.05, 4.69) is 255 Å². The van der Waals surface area contributed by atoms with E-state index in [1.54, 1.807) is 0 Å². The van der Waals surface area contributed by atoms with Crippen molar-refractivity contribution in [2.24, 2.45) is 0 Å². The Kier molecular flexibility index (Phi) is 8.24. The van der Waals surface area contributed by atoms with Crippen molar-refractivity contribution in [2.75, 3.05) is 0 Å². The zero-order valence-electron chi connectivity index (χ0n) is 38.1. The monoisotopic (exact) mass is 886 g/mol. The van der Waals surface area contributed by atoms with Crippen LogP contribution < -0.4 is 0 Å². The van der Waals surface area contributed by atoms with Crippen LogP contribution in [0, 0.1) is 0 Å². The highest BCUT2D eigenvalue weighted by molar-refractivity contribution is 6.08. The van der Waals surface area contributed by atoms with Crippen LogP contribution in [-0.4, -0.2) is 9.97 Å². The lowest BCUT2D eigenvalue weighted by Gasteiger charge is -2.48. The molecule has 70 heavy (non-hydrogen) atoms. The largest absolute Gasteiger partial charge is 0.228 e. The van der Waals surface area contributed by atoms with Gasteiger partial charge < -0.3 is 0 Å². The Balaban J connectivity index is 0.895. The van der Waals surface area contributed by atoms with Gasteiger partial charge in [0.25, 0.3) is 0 Å². The Bertz CT molecular complexity index is 4050. The number of fused-ring (bicyclic) bond motifs is 19. The van der Waals surface area contributed by atoms with Crippen LogP contribution in [0.2, 0.25) is 0 Å². The predicted molar refractivity (Wildman–Crippen MR) is 287 cm³/mol. The maximum atomic E-state index is 5.34. The highest BCUT2D eigenvalue weighted by atomic mass is 14.9. The van der Waals surface area contributed by atoms with Crippen LogP contribution in [0.15, 0.2) is 255 Å². The van der Waals surface area contributed by atoms with E-state index in [1.165, 1.54) is 93.9 Å². The third-order valence-corrected chi connectivity index (χ3v) is 15.8. The number of hydrogen-bond acceptors (Lipinski definition) is 2. The minimum atomic E-state index is -0.529. The summed E-state index contributed by atoms with van der Waals surface area (Å²) in [6.07, 6.45) is 0. The molecule has 0 saturated heterocycles. The molecule has 3 aliphatic carbocycles. The molecule has 12 aromatic rings. The van der Waals surface area contributed by atoms with E-state index in [0.29, 0.717) is 5.82 Å². The summed E-state index contributed by atoms with van der Waals surface area (Å²) < 4.78 is 0. The summed E-state index contributed by atoms with van der Waals surface area (Å²) in [5, 5.41) is 4.88. The van der Waals surface area contributed by atoms with E-state index >= 15 is 0 Å². The van der Waals surface area contributed by atoms with Gasteiger partial charge in [-0.15, -0.1) is 0 Å². The number of aromatic nitrogens is 2. The molecule has 1 aromatic heterocycles. The molecule has 324 valence electrons. The summed E-state index contributed by atoms with van der Waals surface area (Å²) in [5.74, 6) is 0.704. The normalized spacial score (nSPS) is 13.9. The molecule has 2 nitrogen and oxygen atoms in total. The van der Waals surface area contributed by atoms with Crippen LogP contribution in [0.4, 0.5) is 0 Å². The van der Waals surface area contributed by atoms with Crippen molar-refractivity contribution in [2.45, 2.75) is 10.8 Å². The Morgan fingerprint density at radius 1 is 0.229 bits per heavy atom. The van der Waals surface area contributed by atoms with Crippen LogP contribution >= 0.6 is 0 Å². The summed E-state index contributed by atoms with van der Waals surface area (Å²) in [6.45, 7) is 0. The minimum absolute atomic E-state index is 0.464. The molecule has 0 N–H and O–H groups in total. The van der Waals surface area contributed by atoms with E-state index in [9.17, 15) is 0 Å². The SMILES string of the molecule is c1ccc(-c2cc(-c3cccc(-c4ccc5c(c4)-c4ccccc4C54c5ccccc5C5(c6ccccc6-c6ccccc65)c5ccccc54)c3)nc(-c3ccc4c(ccc5ccccc54)c3)n2)cc1. The maximum absolute atomic E-state index is 5.34. The van der Waals surface area contributed by atoms with Gasteiger partial charge in [-0.1, -0.05) is 231 Å². The average Bonchev–Trinajstić information content (AvgIpc) is 3.90. The van der Waals surface area contributed by atoms with E-state index < -0.39 is 10.8 Å². The lowest BCUT2D eigenvalue weighted by atomic mass is 9.52. The van der Waals surface area contributed by atoms with Gasteiger partial charge in [0.1, 0.15) is 0 Å². The van der Waals surface area contributed by atoms with E-state index in [1.807, 2.05) is 0 Å². The molecule has 0 amide bonds. The fourth-order valence-electron chi connectivity index (χ4n) is 12.9. The van der Waals surface area contributed by atoms with Gasteiger partial charge >= 0.3 is 0 Å². The second-order valence-corrected chi connectivity index (χ2v) is 19.1. The van der Waals surface area contributed by atoms with Crippen molar-refractivity contribution in [3.05, 3.63) is 299 Å². The van der Waals surface area contributed by atoms with Crippen LogP contribution in [0.25, 0.3) is 88.8 Å². The second kappa shape index (κ2) is 14.8. The Morgan fingerprint density at radius 3 is 1.31 bits per heavy atom. The lowest BCUT2D eigenvalue weighted by molar-refractivity contribution is 0.633.